The van der Waals surface area contributed by atoms with Crippen molar-refractivity contribution >= 4 is 28.6 Å². The number of aromatic amines is 1. The Morgan fingerprint density at radius 1 is 1.22 bits per heavy atom. The summed E-state index contributed by atoms with van der Waals surface area (Å²) in [5.74, 6) is -2.19. The number of ether oxygens (including phenoxy) is 2. The van der Waals surface area contributed by atoms with Crippen LogP contribution >= 0.6 is 0 Å². The lowest BCUT2D eigenvalue weighted by Crippen LogP contribution is -2.47. The molecule has 1 aromatic heterocycles. The van der Waals surface area contributed by atoms with Crippen LogP contribution in [0.4, 0.5) is 0 Å². The van der Waals surface area contributed by atoms with Crippen LogP contribution in [0.3, 0.4) is 0 Å². The SMILES string of the molecule is CC[C@H](C)[C@H](NC(=O)COC(=O)c1cc2ccccc2c(=O)[nH]1)C(=O)OC. The number of esters is 2. The molecule has 2 rings (SSSR count). The fourth-order valence-corrected chi connectivity index (χ4v) is 2.54. The van der Waals surface area contributed by atoms with Crippen LogP contribution in [0.5, 0.6) is 0 Å². The van der Waals surface area contributed by atoms with Crippen molar-refractivity contribution in [3.8, 4) is 0 Å². The van der Waals surface area contributed by atoms with Gasteiger partial charge in [-0.3, -0.25) is 9.59 Å². The summed E-state index contributed by atoms with van der Waals surface area (Å²) in [6.45, 7) is 3.09. The average Bonchev–Trinajstić information content (AvgIpc) is 2.68. The highest BCUT2D eigenvalue weighted by Crippen LogP contribution is 2.11. The minimum absolute atomic E-state index is 0.0575. The number of fused-ring (bicyclic) bond motifs is 1. The first-order valence-electron chi connectivity index (χ1n) is 8.53. The molecular weight excluding hydrogens is 352 g/mol. The van der Waals surface area contributed by atoms with E-state index in [9.17, 15) is 19.2 Å². The molecule has 0 saturated carbocycles. The molecule has 0 saturated heterocycles. The number of hydrogen-bond acceptors (Lipinski definition) is 6. The lowest BCUT2D eigenvalue weighted by Gasteiger charge is -2.21. The molecule has 8 heteroatoms. The van der Waals surface area contributed by atoms with E-state index in [1.165, 1.54) is 13.2 Å². The maximum atomic E-state index is 12.1. The van der Waals surface area contributed by atoms with Crippen LogP contribution in [-0.2, 0) is 19.1 Å². The lowest BCUT2D eigenvalue weighted by atomic mass is 9.99. The normalized spacial score (nSPS) is 12.9. The van der Waals surface area contributed by atoms with E-state index >= 15 is 0 Å². The summed E-state index contributed by atoms with van der Waals surface area (Å²) < 4.78 is 9.63. The maximum absolute atomic E-state index is 12.1. The standard InChI is InChI=1S/C19H22N2O6/c1-4-11(2)16(19(25)26-3)21-15(22)10-27-18(24)14-9-12-7-5-6-8-13(12)17(23)20-14/h5-9,11,16H,4,10H2,1-3H3,(H,20,23)(H,21,22)/t11-,16-/m0/s1. The summed E-state index contributed by atoms with van der Waals surface area (Å²) in [4.78, 5) is 50.4. The van der Waals surface area contributed by atoms with E-state index in [1.807, 2.05) is 6.92 Å². The van der Waals surface area contributed by atoms with Gasteiger partial charge >= 0.3 is 11.9 Å². The van der Waals surface area contributed by atoms with Crippen molar-refractivity contribution in [3.63, 3.8) is 0 Å². The van der Waals surface area contributed by atoms with E-state index in [0.717, 1.165) is 0 Å². The summed E-state index contributed by atoms with van der Waals surface area (Å²) in [6.07, 6.45) is 0.651. The van der Waals surface area contributed by atoms with Gasteiger partial charge in [-0.25, -0.2) is 9.59 Å². The van der Waals surface area contributed by atoms with Gasteiger partial charge in [-0.05, 0) is 23.4 Å². The number of amides is 1. The molecule has 8 nitrogen and oxygen atoms in total. The topological polar surface area (TPSA) is 115 Å². The zero-order valence-corrected chi connectivity index (χ0v) is 15.4. The van der Waals surface area contributed by atoms with Crippen molar-refractivity contribution in [1.29, 1.82) is 0 Å². The average molecular weight is 374 g/mol. The molecule has 1 amide bonds. The highest BCUT2D eigenvalue weighted by molar-refractivity contribution is 5.94. The second kappa shape index (κ2) is 8.98. The predicted molar refractivity (Wildman–Crippen MR) is 98.3 cm³/mol. The molecule has 2 N–H and O–H groups in total. The fourth-order valence-electron chi connectivity index (χ4n) is 2.54. The number of rotatable bonds is 7. The Morgan fingerprint density at radius 2 is 1.93 bits per heavy atom. The van der Waals surface area contributed by atoms with Gasteiger partial charge in [-0.15, -0.1) is 0 Å². The van der Waals surface area contributed by atoms with E-state index in [1.54, 1.807) is 31.2 Å². The van der Waals surface area contributed by atoms with Crippen LogP contribution < -0.4 is 10.9 Å². The lowest BCUT2D eigenvalue weighted by molar-refractivity contribution is -0.147. The molecule has 27 heavy (non-hydrogen) atoms. The minimum atomic E-state index is -0.842. The molecule has 2 atom stereocenters. The van der Waals surface area contributed by atoms with Crippen LogP contribution in [0.15, 0.2) is 35.1 Å². The molecule has 0 unspecified atom stereocenters. The van der Waals surface area contributed by atoms with Gasteiger partial charge in [0.2, 0.25) is 0 Å². The van der Waals surface area contributed by atoms with E-state index < -0.39 is 36.1 Å². The van der Waals surface area contributed by atoms with Crippen molar-refractivity contribution in [2.24, 2.45) is 5.92 Å². The predicted octanol–water partition coefficient (Wildman–Crippen LogP) is 1.39. The summed E-state index contributed by atoms with van der Waals surface area (Å²) in [6, 6.07) is 7.44. The Bertz CT molecular complexity index is 904. The molecule has 0 spiro atoms. The van der Waals surface area contributed by atoms with E-state index in [0.29, 0.717) is 17.2 Å². The van der Waals surface area contributed by atoms with Crippen molar-refractivity contribution in [2.45, 2.75) is 26.3 Å². The number of pyridine rings is 1. The third kappa shape index (κ3) is 4.93. The number of nitrogens with one attached hydrogen (secondary N) is 2. The second-order valence-electron chi connectivity index (χ2n) is 6.13. The zero-order chi connectivity index (χ0) is 20.0. The molecule has 0 aliphatic rings. The van der Waals surface area contributed by atoms with Crippen LogP contribution in [0.25, 0.3) is 10.8 Å². The quantitative estimate of drug-likeness (QED) is 0.708. The van der Waals surface area contributed by atoms with Crippen LogP contribution in [0, 0.1) is 5.92 Å². The number of carbonyl (C=O) groups is 3. The van der Waals surface area contributed by atoms with Gasteiger partial charge in [0.1, 0.15) is 11.7 Å². The van der Waals surface area contributed by atoms with E-state index in [-0.39, 0.29) is 11.6 Å². The molecule has 0 bridgehead atoms. The summed E-state index contributed by atoms with van der Waals surface area (Å²) in [5, 5.41) is 3.53. The molecule has 1 heterocycles. The van der Waals surface area contributed by atoms with Crippen molar-refractivity contribution in [3.05, 3.63) is 46.4 Å². The number of aromatic nitrogens is 1. The van der Waals surface area contributed by atoms with Gasteiger partial charge < -0.3 is 19.8 Å². The molecule has 0 aliphatic heterocycles. The first-order valence-corrected chi connectivity index (χ1v) is 8.53. The van der Waals surface area contributed by atoms with Gasteiger partial charge in [0.15, 0.2) is 6.61 Å². The Hall–Kier alpha value is -3.16. The van der Waals surface area contributed by atoms with Crippen LogP contribution in [-0.4, -0.2) is 42.6 Å². The van der Waals surface area contributed by atoms with Crippen molar-refractivity contribution in [1.82, 2.24) is 10.3 Å². The summed E-state index contributed by atoms with van der Waals surface area (Å²) >= 11 is 0. The highest BCUT2D eigenvalue weighted by Gasteiger charge is 2.27. The fraction of sp³-hybridized carbons (Fsp3) is 0.368. The Kier molecular flexibility index (Phi) is 6.70. The van der Waals surface area contributed by atoms with Crippen molar-refractivity contribution in [2.75, 3.05) is 13.7 Å². The van der Waals surface area contributed by atoms with Gasteiger partial charge in [-0.1, -0.05) is 38.5 Å². The first-order chi connectivity index (χ1) is 12.9. The molecule has 0 radical (unpaired) electrons. The molecule has 0 aliphatic carbocycles. The van der Waals surface area contributed by atoms with Gasteiger partial charge in [0, 0.05) is 5.39 Å². The molecule has 2 aromatic rings. The summed E-state index contributed by atoms with van der Waals surface area (Å²) in [5.41, 5.74) is -0.482. The van der Waals surface area contributed by atoms with Gasteiger partial charge in [-0.2, -0.15) is 0 Å². The van der Waals surface area contributed by atoms with Crippen molar-refractivity contribution < 1.29 is 23.9 Å². The number of carbonyl (C=O) groups excluding carboxylic acids is 3. The largest absolute Gasteiger partial charge is 0.467 e. The highest BCUT2D eigenvalue weighted by atomic mass is 16.5. The Morgan fingerprint density at radius 3 is 2.59 bits per heavy atom. The van der Waals surface area contributed by atoms with Gasteiger partial charge in [0.05, 0.1) is 7.11 Å². The van der Waals surface area contributed by atoms with Crippen LogP contribution in [0.1, 0.15) is 30.8 Å². The second-order valence-corrected chi connectivity index (χ2v) is 6.13. The zero-order valence-electron chi connectivity index (χ0n) is 15.4. The van der Waals surface area contributed by atoms with Gasteiger partial charge in [0.25, 0.3) is 11.5 Å². The Balaban J connectivity index is 2.03. The Labute approximate surface area is 155 Å². The number of benzene rings is 1. The smallest absolute Gasteiger partial charge is 0.355 e. The molecule has 1 aromatic carbocycles. The molecular formula is C19H22N2O6. The minimum Gasteiger partial charge on any atom is -0.467 e. The summed E-state index contributed by atoms with van der Waals surface area (Å²) in [7, 11) is 1.24. The molecule has 0 fully saturated rings. The monoisotopic (exact) mass is 374 g/mol. The third-order valence-corrected chi connectivity index (χ3v) is 4.29. The third-order valence-electron chi connectivity index (χ3n) is 4.29. The number of H-pyrrole nitrogens is 1. The van der Waals surface area contributed by atoms with Crippen LogP contribution in [0.2, 0.25) is 0 Å². The molecule has 144 valence electrons. The first kappa shape index (κ1) is 20.2. The number of methoxy groups -OCH3 is 1. The maximum Gasteiger partial charge on any atom is 0.355 e. The van der Waals surface area contributed by atoms with E-state index in [2.05, 4.69) is 15.0 Å². The van der Waals surface area contributed by atoms with E-state index in [4.69, 9.17) is 4.74 Å². The number of hydrogen-bond donors (Lipinski definition) is 2.